The number of aryl methyl sites for hydroxylation is 1. The number of fused-ring (bicyclic) bond motifs is 5. The smallest absolute Gasteiger partial charge is 0.120 e. The maximum atomic E-state index is 6.53. The molecule has 2 fully saturated rings. The van der Waals surface area contributed by atoms with Gasteiger partial charge in [-0.3, -0.25) is 0 Å². The minimum atomic E-state index is 0.391. The molecule has 0 spiro atoms. The summed E-state index contributed by atoms with van der Waals surface area (Å²) in [7, 11) is 0. The summed E-state index contributed by atoms with van der Waals surface area (Å²) in [5.41, 5.74) is 4.77. The van der Waals surface area contributed by atoms with Crippen molar-refractivity contribution in [2.24, 2.45) is 17.3 Å². The van der Waals surface area contributed by atoms with Crippen LogP contribution in [0.3, 0.4) is 0 Å². The van der Waals surface area contributed by atoms with Crippen LogP contribution in [0.4, 0.5) is 0 Å². The Morgan fingerprint density at radius 3 is 2.67 bits per heavy atom. The minimum absolute atomic E-state index is 0.391. The highest BCUT2D eigenvalue weighted by Gasteiger charge is 2.55. The third-order valence-corrected chi connectivity index (χ3v) is 9.18. The van der Waals surface area contributed by atoms with E-state index in [1.807, 2.05) is 0 Å². The van der Waals surface area contributed by atoms with Crippen LogP contribution in [-0.2, 0) is 17.8 Å². The summed E-state index contributed by atoms with van der Waals surface area (Å²) in [6.45, 7) is 6.46. The highest BCUT2D eigenvalue weighted by Crippen LogP contribution is 2.61. The first kappa shape index (κ1) is 23.0. The molecule has 0 radical (unpaired) electrons. The van der Waals surface area contributed by atoms with E-state index < -0.39 is 0 Å². The van der Waals surface area contributed by atoms with E-state index in [-0.39, 0.29) is 0 Å². The van der Waals surface area contributed by atoms with E-state index in [1.54, 1.807) is 5.56 Å². The van der Waals surface area contributed by atoms with E-state index >= 15 is 0 Å². The average molecular weight is 447 g/mol. The summed E-state index contributed by atoms with van der Waals surface area (Å²) in [5.74, 6) is 3.42. The molecule has 5 rings (SSSR count). The number of ether oxygens (including phenoxy) is 2. The van der Waals surface area contributed by atoms with Crippen LogP contribution < -0.4 is 4.74 Å². The predicted octanol–water partition coefficient (Wildman–Crippen LogP) is 8.09. The van der Waals surface area contributed by atoms with Gasteiger partial charge in [-0.15, -0.1) is 0 Å². The number of hydrogen-bond acceptors (Lipinski definition) is 2. The Hall–Kier alpha value is -1.80. The van der Waals surface area contributed by atoms with Crippen molar-refractivity contribution < 1.29 is 9.47 Å². The second kappa shape index (κ2) is 10.2. The molecule has 2 nitrogen and oxygen atoms in total. The number of rotatable bonds is 9. The first-order chi connectivity index (χ1) is 16.2. The van der Waals surface area contributed by atoms with Gasteiger partial charge in [0.05, 0.1) is 6.10 Å². The standard InChI is InChI=1S/C31H42O2/c1-3-4-5-9-20-32-30-17-16-29-28-14-12-24-21-25(33-22-23-10-7-6-8-11-23)13-15-26(24)27(28)18-19-31(29,30)2/h6-8,10-11,13,15,21,27-30H,3-5,9,12,14,16-20,22H2,1-2H3/t27-,28-,29+,30+,31+/m1/s1. The fraction of sp³-hybridized carbons (Fsp3) is 0.613. The van der Waals surface area contributed by atoms with Gasteiger partial charge in [-0.25, -0.2) is 0 Å². The Morgan fingerprint density at radius 1 is 0.939 bits per heavy atom. The molecule has 2 aromatic carbocycles. The van der Waals surface area contributed by atoms with Gasteiger partial charge in [0.1, 0.15) is 12.4 Å². The van der Waals surface area contributed by atoms with Gasteiger partial charge in [0.2, 0.25) is 0 Å². The summed E-state index contributed by atoms with van der Waals surface area (Å²) in [5, 5.41) is 0. The Morgan fingerprint density at radius 2 is 1.82 bits per heavy atom. The topological polar surface area (TPSA) is 18.5 Å². The van der Waals surface area contributed by atoms with Crippen molar-refractivity contribution >= 4 is 0 Å². The van der Waals surface area contributed by atoms with E-state index in [2.05, 4.69) is 62.4 Å². The van der Waals surface area contributed by atoms with Gasteiger partial charge in [-0.2, -0.15) is 0 Å². The molecule has 178 valence electrons. The van der Waals surface area contributed by atoms with E-state index in [4.69, 9.17) is 9.47 Å². The molecule has 0 saturated heterocycles. The van der Waals surface area contributed by atoms with Gasteiger partial charge in [0.25, 0.3) is 0 Å². The first-order valence-electron chi connectivity index (χ1n) is 13.6. The summed E-state index contributed by atoms with van der Waals surface area (Å²) in [4.78, 5) is 0. The van der Waals surface area contributed by atoms with E-state index in [0.717, 1.165) is 30.1 Å². The molecule has 2 aromatic rings. The van der Waals surface area contributed by atoms with Crippen LogP contribution in [0.15, 0.2) is 48.5 Å². The Kier molecular flexibility index (Phi) is 7.11. The number of unbranched alkanes of at least 4 members (excludes halogenated alkanes) is 3. The van der Waals surface area contributed by atoms with Crippen molar-refractivity contribution in [3.8, 4) is 5.75 Å². The van der Waals surface area contributed by atoms with E-state index in [0.29, 0.717) is 18.1 Å². The molecule has 0 aliphatic heterocycles. The molecule has 5 atom stereocenters. The minimum Gasteiger partial charge on any atom is -0.489 e. The molecule has 3 aliphatic rings. The van der Waals surface area contributed by atoms with Crippen molar-refractivity contribution in [1.82, 2.24) is 0 Å². The lowest BCUT2D eigenvalue weighted by atomic mass is 9.55. The number of hydrogen-bond donors (Lipinski definition) is 0. The van der Waals surface area contributed by atoms with Crippen molar-refractivity contribution in [2.75, 3.05) is 6.61 Å². The Balaban J connectivity index is 1.22. The average Bonchev–Trinajstić information content (AvgIpc) is 3.19. The Bertz CT molecular complexity index is 906. The molecule has 3 aliphatic carbocycles. The summed E-state index contributed by atoms with van der Waals surface area (Å²) >= 11 is 0. The van der Waals surface area contributed by atoms with Gasteiger partial charge in [0.15, 0.2) is 0 Å². The van der Waals surface area contributed by atoms with Crippen molar-refractivity contribution in [2.45, 2.75) is 96.7 Å². The largest absolute Gasteiger partial charge is 0.489 e. The second-order valence-corrected chi connectivity index (χ2v) is 11.1. The van der Waals surface area contributed by atoms with Gasteiger partial charge in [-0.05, 0) is 96.9 Å². The normalized spacial score (nSPS) is 30.4. The maximum Gasteiger partial charge on any atom is 0.120 e. The molecular weight excluding hydrogens is 404 g/mol. The van der Waals surface area contributed by atoms with Crippen LogP contribution in [0.1, 0.15) is 94.2 Å². The lowest BCUT2D eigenvalue weighted by molar-refractivity contribution is -0.0647. The molecule has 0 amide bonds. The van der Waals surface area contributed by atoms with Crippen LogP contribution in [0.25, 0.3) is 0 Å². The zero-order valence-corrected chi connectivity index (χ0v) is 20.7. The SMILES string of the molecule is CCCCCCO[C@H]1CC[C@H]2[C@@H]3CCc4cc(OCc5ccccc5)ccc4[C@H]3CC[C@]12C. The fourth-order valence-corrected chi connectivity index (χ4v) is 7.37. The maximum absolute atomic E-state index is 6.53. The summed E-state index contributed by atoms with van der Waals surface area (Å²) in [6.07, 6.45) is 13.5. The van der Waals surface area contributed by atoms with Crippen LogP contribution in [0.5, 0.6) is 5.75 Å². The molecule has 0 N–H and O–H groups in total. The highest BCUT2D eigenvalue weighted by molar-refractivity contribution is 5.41. The van der Waals surface area contributed by atoms with Crippen LogP contribution in [0.2, 0.25) is 0 Å². The predicted molar refractivity (Wildman–Crippen MR) is 136 cm³/mol. The van der Waals surface area contributed by atoms with Gasteiger partial charge < -0.3 is 9.47 Å². The second-order valence-electron chi connectivity index (χ2n) is 11.1. The lowest BCUT2D eigenvalue weighted by Gasteiger charge is -2.50. The quantitative estimate of drug-likeness (QED) is 0.362. The van der Waals surface area contributed by atoms with Crippen LogP contribution in [-0.4, -0.2) is 12.7 Å². The molecule has 0 unspecified atom stereocenters. The van der Waals surface area contributed by atoms with E-state index in [1.165, 1.54) is 75.3 Å². The van der Waals surface area contributed by atoms with Gasteiger partial charge in [0, 0.05) is 6.61 Å². The third kappa shape index (κ3) is 4.74. The molecule has 2 heteroatoms. The molecular formula is C31H42O2. The van der Waals surface area contributed by atoms with Gasteiger partial charge in [-0.1, -0.05) is 69.5 Å². The monoisotopic (exact) mass is 446 g/mol. The van der Waals surface area contributed by atoms with Gasteiger partial charge >= 0.3 is 0 Å². The zero-order chi connectivity index (χ0) is 22.7. The molecule has 0 aromatic heterocycles. The lowest BCUT2D eigenvalue weighted by Crippen LogP contribution is -2.44. The first-order valence-corrected chi connectivity index (χ1v) is 13.6. The van der Waals surface area contributed by atoms with Crippen LogP contribution >= 0.6 is 0 Å². The third-order valence-electron chi connectivity index (χ3n) is 9.18. The molecule has 0 heterocycles. The van der Waals surface area contributed by atoms with Crippen molar-refractivity contribution in [1.29, 1.82) is 0 Å². The van der Waals surface area contributed by atoms with Crippen LogP contribution in [0, 0.1) is 17.3 Å². The Labute approximate surface area is 201 Å². The zero-order valence-electron chi connectivity index (χ0n) is 20.7. The summed E-state index contributed by atoms with van der Waals surface area (Å²) < 4.78 is 12.7. The van der Waals surface area contributed by atoms with E-state index in [9.17, 15) is 0 Å². The molecule has 33 heavy (non-hydrogen) atoms. The highest BCUT2D eigenvalue weighted by atomic mass is 16.5. The molecule has 0 bridgehead atoms. The fourth-order valence-electron chi connectivity index (χ4n) is 7.37. The summed E-state index contributed by atoms with van der Waals surface area (Å²) in [6, 6.07) is 17.4. The van der Waals surface area contributed by atoms with Crippen molar-refractivity contribution in [3.05, 3.63) is 65.2 Å². The molecule has 2 saturated carbocycles. The number of benzene rings is 2. The van der Waals surface area contributed by atoms with Crippen molar-refractivity contribution in [3.63, 3.8) is 0 Å².